The number of oxazole rings is 1. The molecule has 0 spiro atoms. The third-order valence-corrected chi connectivity index (χ3v) is 11.8. The van der Waals surface area contributed by atoms with Crippen molar-refractivity contribution in [1.82, 2.24) is 9.97 Å². The minimum atomic E-state index is -0.303. The third kappa shape index (κ3) is 7.05. The van der Waals surface area contributed by atoms with Crippen molar-refractivity contribution in [2.75, 3.05) is 0 Å². The third-order valence-electron chi connectivity index (χ3n) is 11.8. The molecule has 0 unspecified atom stereocenters. The molecule has 0 fully saturated rings. The second kappa shape index (κ2) is 15.2. The molecule has 5 nitrogen and oxygen atoms in total. The smallest absolute Gasteiger partial charge is 0.230 e. The van der Waals surface area contributed by atoms with Gasteiger partial charge in [-0.15, -0.1) is 12.1 Å². The van der Waals surface area contributed by atoms with Crippen LogP contribution in [0.15, 0.2) is 118 Å². The Morgan fingerprint density at radius 2 is 1.37 bits per heavy atom. The quantitative estimate of drug-likeness (QED) is 0.168. The van der Waals surface area contributed by atoms with Crippen molar-refractivity contribution in [1.29, 1.82) is 0 Å². The van der Waals surface area contributed by atoms with Crippen LogP contribution < -0.4 is 0 Å². The number of aromatic nitrogens is 2. The first-order valence-corrected chi connectivity index (χ1v) is 20.8. The van der Waals surface area contributed by atoms with E-state index < -0.39 is 0 Å². The average Bonchev–Trinajstić information content (AvgIpc) is 3.82. The predicted molar refractivity (Wildman–Crippen MR) is 244 cm³/mol. The van der Waals surface area contributed by atoms with E-state index in [9.17, 15) is 5.11 Å². The first-order valence-electron chi connectivity index (χ1n) is 20.8. The first kappa shape index (κ1) is 41.2. The van der Waals surface area contributed by atoms with Crippen molar-refractivity contribution in [3.05, 3.63) is 138 Å². The number of aromatic hydroxyl groups is 1. The summed E-state index contributed by atoms with van der Waals surface area (Å²) in [7, 11) is 0. The van der Waals surface area contributed by atoms with Gasteiger partial charge in [-0.05, 0) is 85.0 Å². The SMILES string of the molecule is CC(C)c1cccc(C(C)C)c1-c1ccnc(-c2[c-]c(-c3cccc4oc(-c5cc(C(C)(C)C)cc(C(C)(C)C)c5O)nc34)c3oc4c5ccccc5ccc4c3c2)c1.[Pt]. The summed E-state index contributed by atoms with van der Waals surface area (Å²) in [5.74, 6) is 1.26. The van der Waals surface area contributed by atoms with Gasteiger partial charge < -0.3 is 13.9 Å². The van der Waals surface area contributed by atoms with E-state index in [1.807, 2.05) is 24.4 Å². The van der Waals surface area contributed by atoms with Crippen LogP contribution in [-0.4, -0.2) is 15.1 Å². The molecule has 0 aliphatic carbocycles. The fourth-order valence-corrected chi connectivity index (χ4v) is 8.56. The molecule has 6 aromatic carbocycles. The van der Waals surface area contributed by atoms with Crippen LogP contribution in [0.3, 0.4) is 0 Å². The van der Waals surface area contributed by atoms with Crippen LogP contribution in [-0.2, 0) is 31.9 Å². The zero-order valence-electron chi connectivity index (χ0n) is 36.0. The normalized spacial score (nSPS) is 12.4. The minimum absolute atomic E-state index is 0. The number of benzene rings is 6. The fraction of sp³-hybridized carbons (Fsp3) is 0.259. The molecule has 6 heteroatoms. The summed E-state index contributed by atoms with van der Waals surface area (Å²) in [5, 5.41) is 16.0. The van der Waals surface area contributed by atoms with E-state index in [-0.39, 0.29) is 37.6 Å². The maximum absolute atomic E-state index is 11.8. The molecule has 0 amide bonds. The molecule has 9 aromatic rings. The van der Waals surface area contributed by atoms with Crippen molar-refractivity contribution >= 4 is 43.8 Å². The predicted octanol–water partition coefficient (Wildman–Crippen LogP) is 15.3. The Hall–Kier alpha value is -5.51. The van der Waals surface area contributed by atoms with Gasteiger partial charge in [0.15, 0.2) is 0 Å². The molecule has 60 heavy (non-hydrogen) atoms. The maximum Gasteiger partial charge on any atom is 0.230 e. The monoisotopic (exact) mass is 970 g/mol. The number of rotatable bonds is 6. The number of fused-ring (bicyclic) bond motifs is 6. The second-order valence-electron chi connectivity index (χ2n) is 18.7. The number of para-hydroxylation sites is 1. The summed E-state index contributed by atoms with van der Waals surface area (Å²) in [4.78, 5) is 10.2. The van der Waals surface area contributed by atoms with E-state index in [1.165, 1.54) is 16.7 Å². The molecule has 306 valence electrons. The van der Waals surface area contributed by atoms with E-state index in [0.29, 0.717) is 40.0 Å². The van der Waals surface area contributed by atoms with Crippen molar-refractivity contribution in [3.8, 4) is 50.7 Å². The van der Waals surface area contributed by atoms with Crippen molar-refractivity contribution in [2.45, 2.75) is 91.9 Å². The van der Waals surface area contributed by atoms with E-state index >= 15 is 0 Å². The van der Waals surface area contributed by atoms with Gasteiger partial charge in [-0.1, -0.05) is 159 Å². The number of hydrogen-bond donors (Lipinski definition) is 1. The topological polar surface area (TPSA) is 72.3 Å². The number of phenols is 1. The zero-order valence-corrected chi connectivity index (χ0v) is 38.3. The van der Waals surface area contributed by atoms with Gasteiger partial charge in [0.1, 0.15) is 16.9 Å². The molecule has 3 heterocycles. The largest absolute Gasteiger partial charge is 0.507 e. The molecule has 0 radical (unpaired) electrons. The molecule has 0 bridgehead atoms. The Morgan fingerprint density at radius 1 is 0.650 bits per heavy atom. The van der Waals surface area contributed by atoms with Crippen LogP contribution in [0.2, 0.25) is 0 Å². The van der Waals surface area contributed by atoms with Gasteiger partial charge in [-0.25, -0.2) is 4.98 Å². The van der Waals surface area contributed by atoms with Gasteiger partial charge in [0.25, 0.3) is 0 Å². The van der Waals surface area contributed by atoms with E-state index in [1.54, 1.807) is 0 Å². The fourth-order valence-electron chi connectivity index (χ4n) is 8.56. The molecular weight excluding hydrogens is 920 g/mol. The first-order chi connectivity index (χ1) is 28.1. The van der Waals surface area contributed by atoms with Crippen molar-refractivity contribution in [3.63, 3.8) is 0 Å². The van der Waals surface area contributed by atoms with Crippen LogP contribution in [0.25, 0.3) is 88.8 Å². The summed E-state index contributed by atoms with van der Waals surface area (Å²) >= 11 is 0. The van der Waals surface area contributed by atoms with E-state index in [4.69, 9.17) is 18.8 Å². The van der Waals surface area contributed by atoms with E-state index in [2.05, 4.69) is 160 Å². The van der Waals surface area contributed by atoms with Crippen LogP contribution in [0, 0.1) is 6.07 Å². The zero-order chi connectivity index (χ0) is 41.5. The van der Waals surface area contributed by atoms with Crippen LogP contribution in [0.4, 0.5) is 0 Å². The molecule has 0 saturated heterocycles. The Balaban J connectivity index is 0.00000499. The van der Waals surface area contributed by atoms with Gasteiger partial charge in [0, 0.05) is 49.3 Å². The Bertz CT molecular complexity index is 3070. The van der Waals surface area contributed by atoms with Crippen LogP contribution in [0.1, 0.15) is 103 Å². The summed E-state index contributed by atoms with van der Waals surface area (Å²) in [6.45, 7) is 21.9. The minimum Gasteiger partial charge on any atom is -0.507 e. The molecule has 0 aliphatic heterocycles. The second-order valence-corrected chi connectivity index (χ2v) is 18.7. The van der Waals surface area contributed by atoms with Crippen molar-refractivity contribution < 1.29 is 35.0 Å². The molecule has 9 rings (SSSR count). The van der Waals surface area contributed by atoms with E-state index in [0.717, 1.165) is 66.2 Å². The van der Waals surface area contributed by atoms with Gasteiger partial charge >= 0.3 is 0 Å². The van der Waals surface area contributed by atoms with Gasteiger partial charge in [0.2, 0.25) is 5.89 Å². The van der Waals surface area contributed by atoms with Crippen LogP contribution >= 0.6 is 0 Å². The number of phenolic OH excluding ortho intramolecular Hbond substituents is 1. The Labute approximate surface area is 367 Å². The maximum atomic E-state index is 11.8. The molecule has 0 saturated carbocycles. The number of furan rings is 1. The van der Waals surface area contributed by atoms with Gasteiger partial charge in [-0.3, -0.25) is 4.98 Å². The number of hydrogen-bond acceptors (Lipinski definition) is 5. The number of nitrogens with zero attached hydrogens (tertiary/aromatic N) is 2. The van der Waals surface area contributed by atoms with Crippen molar-refractivity contribution in [2.24, 2.45) is 0 Å². The van der Waals surface area contributed by atoms with Crippen LogP contribution in [0.5, 0.6) is 5.75 Å². The molecule has 1 N–H and O–H groups in total. The standard InChI is InChI=1S/C54H51N2O3.Pt/c1-30(2)36-17-13-18-37(31(3)4)47(36)33-23-24-55-45(27-33)34-25-41(51-42(26-34)40-22-21-32-15-11-12-16-38(32)50(40)59-51)39-19-14-20-46-48(39)56-52(58-46)43-28-35(53(5,6)7)29-44(49(43)57)54(8,9)10;/h11-24,26-31,57H,1-10H3;/q-1;. The molecule has 3 aromatic heterocycles. The Kier molecular flexibility index (Phi) is 10.4. The molecule has 0 aliphatic rings. The molecule has 0 atom stereocenters. The number of pyridine rings is 1. The average molecular weight is 971 g/mol. The van der Waals surface area contributed by atoms with Gasteiger partial charge in [-0.2, -0.15) is 0 Å². The summed E-state index contributed by atoms with van der Waals surface area (Å²) in [6.07, 6.45) is 1.92. The van der Waals surface area contributed by atoms with Gasteiger partial charge in [0.05, 0.1) is 16.7 Å². The summed E-state index contributed by atoms with van der Waals surface area (Å²) in [5.41, 5.74) is 13.2. The molecular formula is C54H51N2O3Pt-. The summed E-state index contributed by atoms with van der Waals surface area (Å²) < 4.78 is 13.5. The summed E-state index contributed by atoms with van der Waals surface area (Å²) in [6, 6.07) is 39.7. The Morgan fingerprint density at radius 3 is 2.07 bits per heavy atom.